The first kappa shape index (κ1) is 22.7. The third-order valence-electron chi connectivity index (χ3n) is 5.58. The lowest BCUT2D eigenvalue weighted by molar-refractivity contribution is 0.288. The summed E-state index contributed by atoms with van der Waals surface area (Å²) in [6.07, 6.45) is 1.83. The van der Waals surface area contributed by atoms with Crippen LogP contribution < -0.4 is 9.47 Å². The number of hydrogen-bond donors (Lipinski definition) is 0. The number of halogens is 1. The molecule has 0 fully saturated rings. The largest absolute Gasteiger partial charge is 0.493 e. The van der Waals surface area contributed by atoms with Crippen molar-refractivity contribution in [1.82, 2.24) is 9.55 Å². The highest BCUT2D eigenvalue weighted by atomic mass is 35.5. The summed E-state index contributed by atoms with van der Waals surface area (Å²) in [5.74, 6) is 1.71. The van der Waals surface area contributed by atoms with Crippen LogP contribution in [0.2, 0.25) is 0 Å². The number of pyridine rings is 1. The van der Waals surface area contributed by atoms with Crippen LogP contribution >= 0.6 is 12.4 Å². The standard InChI is InChI=1S/C26H28N2O2.ClH/c1-5-29-23-9-7-6-8-22(23)17-30-24-14-15-27-25-19(3)20(4)28(26(24)25)16-21-12-10-18(2)11-13-21;/h6-15H,5,16-17H2,1-4H3;1H. The van der Waals surface area contributed by atoms with Gasteiger partial charge in [-0.15, -0.1) is 12.4 Å². The van der Waals surface area contributed by atoms with Gasteiger partial charge in [-0.2, -0.15) is 0 Å². The summed E-state index contributed by atoms with van der Waals surface area (Å²) in [7, 11) is 0. The maximum atomic E-state index is 6.32. The Hall–Kier alpha value is -2.98. The molecular formula is C26H29ClN2O2. The van der Waals surface area contributed by atoms with Crippen molar-refractivity contribution in [3.8, 4) is 11.5 Å². The highest BCUT2D eigenvalue weighted by Crippen LogP contribution is 2.32. The van der Waals surface area contributed by atoms with E-state index >= 15 is 0 Å². The molecule has 0 aliphatic rings. The van der Waals surface area contributed by atoms with E-state index in [4.69, 9.17) is 9.47 Å². The average Bonchev–Trinajstić information content (AvgIpc) is 3.00. The second-order valence-electron chi connectivity index (χ2n) is 7.62. The number of aromatic nitrogens is 2. The molecular weight excluding hydrogens is 408 g/mol. The quantitative estimate of drug-likeness (QED) is 0.336. The third-order valence-corrected chi connectivity index (χ3v) is 5.58. The molecule has 0 aliphatic heterocycles. The third kappa shape index (κ3) is 4.70. The summed E-state index contributed by atoms with van der Waals surface area (Å²) >= 11 is 0. The number of ether oxygens (including phenoxy) is 2. The van der Waals surface area contributed by atoms with Gasteiger partial charge in [-0.1, -0.05) is 48.0 Å². The molecule has 2 aromatic heterocycles. The molecule has 5 heteroatoms. The topological polar surface area (TPSA) is 36.3 Å². The summed E-state index contributed by atoms with van der Waals surface area (Å²) in [5.41, 5.74) is 8.01. The molecule has 4 aromatic rings. The number of nitrogens with zero attached hydrogens (tertiary/aromatic N) is 2. The monoisotopic (exact) mass is 436 g/mol. The Labute approximate surface area is 190 Å². The number of para-hydroxylation sites is 1. The molecule has 31 heavy (non-hydrogen) atoms. The number of rotatable bonds is 7. The Balaban J connectivity index is 0.00000272. The smallest absolute Gasteiger partial charge is 0.147 e. The average molecular weight is 437 g/mol. The fourth-order valence-corrected chi connectivity index (χ4v) is 3.78. The van der Waals surface area contributed by atoms with E-state index < -0.39 is 0 Å². The van der Waals surface area contributed by atoms with Gasteiger partial charge >= 0.3 is 0 Å². The summed E-state index contributed by atoms with van der Waals surface area (Å²) in [6.45, 7) is 10.3. The number of hydrogen-bond acceptors (Lipinski definition) is 3. The summed E-state index contributed by atoms with van der Waals surface area (Å²) in [5, 5.41) is 0. The zero-order chi connectivity index (χ0) is 21.1. The van der Waals surface area contributed by atoms with Crippen LogP contribution in [0.25, 0.3) is 11.0 Å². The highest BCUT2D eigenvalue weighted by molar-refractivity contribution is 5.86. The van der Waals surface area contributed by atoms with Gasteiger partial charge in [0, 0.05) is 30.1 Å². The van der Waals surface area contributed by atoms with Gasteiger partial charge in [0.25, 0.3) is 0 Å². The second kappa shape index (κ2) is 9.88. The van der Waals surface area contributed by atoms with Gasteiger partial charge in [0.15, 0.2) is 0 Å². The van der Waals surface area contributed by atoms with Crippen LogP contribution in [0.1, 0.15) is 34.9 Å². The summed E-state index contributed by atoms with van der Waals surface area (Å²) in [6, 6.07) is 18.7. The van der Waals surface area contributed by atoms with E-state index in [2.05, 4.69) is 54.6 Å². The molecule has 0 amide bonds. The molecule has 162 valence electrons. The first-order valence-corrected chi connectivity index (χ1v) is 10.4. The molecule has 4 nitrogen and oxygen atoms in total. The predicted octanol–water partition coefficient (Wildman–Crippen LogP) is 6.41. The molecule has 0 radical (unpaired) electrons. The Bertz CT molecular complexity index is 1170. The molecule has 0 spiro atoms. The van der Waals surface area contributed by atoms with Crippen LogP contribution in [0, 0.1) is 20.8 Å². The lowest BCUT2D eigenvalue weighted by atomic mass is 10.1. The number of benzene rings is 2. The SMILES string of the molecule is CCOc1ccccc1COc1ccnc2c(C)c(C)n(Cc3ccc(C)cc3)c12.Cl. The predicted molar refractivity (Wildman–Crippen MR) is 129 cm³/mol. The molecule has 0 saturated heterocycles. The van der Waals surface area contributed by atoms with E-state index in [1.54, 1.807) is 0 Å². The van der Waals surface area contributed by atoms with E-state index in [-0.39, 0.29) is 12.4 Å². The van der Waals surface area contributed by atoms with Gasteiger partial charge in [-0.3, -0.25) is 4.98 Å². The van der Waals surface area contributed by atoms with Crippen LogP contribution in [0.15, 0.2) is 60.8 Å². The molecule has 2 heterocycles. The molecule has 0 atom stereocenters. The van der Waals surface area contributed by atoms with Crippen molar-refractivity contribution in [1.29, 1.82) is 0 Å². The number of aryl methyl sites for hydroxylation is 2. The molecule has 0 aliphatic carbocycles. The Morgan fingerprint density at radius 1 is 0.871 bits per heavy atom. The van der Waals surface area contributed by atoms with Crippen molar-refractivity contribution in [2.24, 2.45) is 0 Å². The normalized spacial score (nSPS) is 10.7. The first-order chi connectivity index (χ1) is 14.6. The van der Waals surface area contributed by atoms with Gasteiger partial charge in [0.2, 0.25) is 0 Å². The van der Waals surface area contributed by atoms with Crippen LogP contribution in [0.4, 0.5) is 0 Å². The second-order valence-corrected chi connectivity index (χ2v) is 7.62. The Morgan fingerprint density at radius 2 is 1.61 bits per heavy atom. The molecule has 0 saturated carbocycles. The minimum absolute atomic E-state index is 0. The Kier molecular flexibility index (Phi) is 7.24. The Morgan fingerprint density at radius 3 is 2.35 bits per heavy atom. The maximum absolute atomic E-state index is 6.32. The van der Waals surface area contributed by atoms with Crippen LogP contribution in [0.3, 0.4) is 0 Å². The van der Waals surface area contributed by atoms with Gasteiger partial charge < -0.3 is 14.0 Å². The lowest BCUT2D eigenvalue weighted by Gasteiger charge is -2.14. The van der Waals surface area contributed by atoms with Crippen molar-refractivity contribution >= 4 is 23.4 Å². The summed E-state index contributed by atoms with van der Waals surface area (Å²) < 4.78 is 14.4. The fraction of sp³-hybridized carbons (Fsp3) is 0.269. The van der Waals surface area contributed by atoms with E-state index in [9.17, 15) is 0 Å². The van der Waals surface area contributed by atoms with Crippen molar-refractivity contribution in [2.45, 2.75) is 40.8 Å². The van der Waals surface area contributed by atoms with Gasteiger partial charge in [-0.05, 0) is 44.9 Å². The van der Waals surface area contributed by atoms with Gasteiger partial charge in [-0.25, -0.2) is 0 Å². The van der Waals surface area contributed by atoms with Crippen molar-refractivity contribution < 1.29 is 9.47 Å². The maximum Gasteiger partial charge on any atom is 0.147 e. The highest BCUT2D eigenvalue weighted by Gasteiger charge is 2.17. The minimum Gasteiger partial charge on any atom is -0.493 e. The zero-order valence-corrected chi connectivity index (χ0v) is 19.3. The van der Waals surface area contributed by atoms with Crippen molar-refractivity contribution in [2.75, 3.05) is 6.61 Å². The minimum atomic E-state index is 0. The molecule has 4 rings (SSSR count). The van der Waals surface area contributed by atoms with E-state index in [0.717, 1.165) is 34.6 Å². The van der Waals surface area contributed by atoms with Crippen molar-refractivity contribution in [3.63, 3.8) is 0 Å². The van der Waals surface area contributed by atoms with E-state index in [1.807, 2.05) is 43.5 Å². The first-order valence-electron chi connectivity index (χ1n) is 10.4. The fourth-order valence-electron chi connectivity index (χ4n) is 3.78. The lowest BCUT2D eigenvalue weighted by Crippen LogP contribution is -2.05. The molecule has 0 bridgehead atoms. The molecule has 0 unspecified atom stereocenters. The van der Waals surface area contributed by atoms with Crippen molar-refractivity contribution in [3.05, 3.63) is 88.7 Å². The zero-order valence-electron chi connectivity index (χ0n) is 18.5. The van der Waals surface area contributed by atoms with Crippen LogP contribution in [-0.4, -0.2) is 16.2 Å². The van der Waals surface area contributed by atoms with E-state index in [0.29, 0.717) is 13.2 Å². The van der Waals surface area contributed by atoms with Gasteiger partial charge in [0.1, 0.15) is 23.6 Å². The van der Waals surface area contributed by atoms with Gasteiger partial charge in [0.05, 0.1) is 12.1 Å². The summed E-state index contributed by atoms with van der Waals surface area (Å²) in [4.78, 5) is 4.66. The van der Waals surface area contributed by atoms with E-state index in [1.165, 1.54) is 22.4 Å². The van der Waals surface area contributed by atoms with Crippen LogP contribution in [-0.2, 0) is 13.2 Å². The molecule has 0 N–H and O–H groups in total. The number of fused-ring (bicyclic) bond motifs is 1. The van der Waals surface area contributed by atoms with Crippen LogP contribution in [0.5, 0.6) is 11.5 Å². The molecule has 2 aromatic carbocycles.